The first-order chi connectivity index (χ1) is 23.5. The first kappa shape index (κ1) is 28.1. The van der Waals surface area contributed by atoms with Gasteiger partial charge in [0, 0.05) is 22.1 Å². The van der Waals surface area contributed by atoms with Crippen molar-refractivity contribution in [3.63, 3.8) is 0 Å². The highest BCUT2D eigenvalue weighted by Gasteiger charge is 2.53. The number of rotatable bonds is 3. The molecule has 0 unspecified atom stereocenters. The van der Waals surface area contributed by atoms with Gasteiger partial charge in [0.05, 0.1) is 28.4 Å². The van der Waals surface area contributed by atoms with Gasteiger partial charge in [-0.1, -0.05) is 147 Å². The van der Waals surface area contributed by atoms with E-state index in [1.807, 2.05) is 42.5 Å². The molecule has 1 heterocycles. The lowest BCUT2D eigenvalue weighted by Crippen LogP contribution is -2.40. The van der Waals surface area contributed by atoms with E-state index >= 15 is 0 Å². The van der Waals surface area contributed by atoms with Gasteiger partial charge in [-0.05, 0) is 62.7 Å². The molecule has 1 aromatic heterocycles. The number of fused-ring (bicyclic) bond motifs is 9. The van der Waals surface area contributed by atoms with Crippen molar-refractivity contribution in [1.29, 1.82) is 5.26 Å². The highest BCUT2D eigenvalue weighted by molar-refractivity contribution is 5.95. The monoisotopic (exact) mass is 613 g/mol. The van der Waals surface area contributed by atoms with E-state index in [2.05, 4.69) is 129 Å². The Kier molecular flexibility index (Phi) is 6.13. The molecule has 0 saturated heterocycles. The summed E-state index contributed by atoms with van der Waals surface area (Å²) in [4.78, 5) is 10.5. The number of nitriles is 1. The van der Waals surface area contributed by atoms with Crippen molar-refractivity contribution in [2.24, 2.45) is 0 Å². The van der Waals surface area contributed by atoms with Crippen LogP contribution in [0, 0.1) is 11.3 Å². The van der Waals surface area contributed by atoms with E-state index in [1.165, 1.54) is 44.5 Å². The van der Waals surface area contributed by atoms with Gasteiger partial charge < -0.3 is 0 Å². The first-order valence-electron chi connectivity index (χ1n) is 16.4. The van der Waals surface area contributed by atoms with Crippen LogP contribution in [0.1, 0.15) is 52.8 Å². The highest BCUT2D eigenvalue weighted by Crippen LogP contribution is 2.63. The molecule has 9 rings (SSSR count). The van der Waals surface area contributed by atoms with E-state index in [4.69, 9.17) is 9.97 Å². The average molecular weight is 614 g/mol. The molecule has 0 radical (unpaired) electrons. The highest BCUT2D eigenvalue weighted by atomic mass is 14.9. The molecule has 1 spiro atoms. The first-order valence-corrected chi connectivity index (χ1v) is 16.4. The smallest absolute Gasteiger partial charge is 0.161 e. The van der Waals surface area contributed by atoms with Crippen LogP contribution in [-0.4, -0.2) is 9.97 Å². The van der Waals surface area contributed by atoms with Crippen LogP contribution in [0.3, 0.4) is 0 Å². The Morgan fingerprint density at radius 1 is 0.479 bits per heavy atom. The maximum atomic E-state index is 9.43. The Morgan fingerprint density at radius 2 is 0.979 bits per heavy atom. The molecule has 3 nitrogen and oxygen atoms in total. The second kappa shape index (κ2) is 10.5. The maximum absolute atomic E-state index is 9.43. The van der Waals surface area contributed by atoms with Crippen LogP contribution in [-0.2, 0) is 10.8 Å². The third-order valence-electron chi connectivity index (χ3n) is 10.4. The molecule has 0 atom stereocenters. The van der Waals surface area contributed by atoms with E-state index in [-0.39, 0.29) is 5.41 Å². The predicted molar refractivity (Wildman–Crippen MR) is 192 cm³/mol. The van der Waals surface area contributed by atoms with Crippen LogP contribution < -0.4 is 0 Å². The number of hydrogen-bond acceptors (Lipinski definition) is 3. The Balaban J connectivity index is 1.37. The van der Waals surface area contributed by atoms with Crippen LogP contribution in [0.4, 0.5) is 0 Å². The fourth-order valence-electron chi connectivity index (χ4n) is 8.28. The van der Waals surface area contributed by atoms with Crippen molar-refractivity contribution in [2.75, 3.05) is 0 Å². The zero-order chi connectivity index (χ0) is 32.5. The zero-order valence-corrected chi connectivity index (χ0v) is 26.8. The van der Waals surface area contributed by atoms with Gasteiger partial charge in [-0.3, -0.25) is 0 Å². The number of nitrogens with zero attached hydrogens (tertiary/aromatic N) is 3. The molecule has 0 amide bonds. The predicted octanol–water partition coefficient (Wildman–Crippen LogP) is 10.4. The lowest BCUT2D eigenvalue weighted by atomic mass is 9.55. The molecule has 2 aliphatic carbocycles. The SMILES string of the molecule is CC1(C)c2ccccc2C2(c3ccccc3-c3c(-c4nc(-c5ccccc5)cc(-c5ccc(C#N)cc5)n4)cccc32)c2ccccc21. The summed E-state index contributed by atoms with van der Waals surface area (Å²) in [5.41, 5.74) is 14.9. The molecule has 0 saturated carbocycles. The molecule has 2 aliphatic rings. The third kappa shape index (κ3) is 3.87. The van der Waals surface area contributed by atoms with Crippen molar-refractivity contribution < 1.29 is 0 Å². The van der Waals surface area contributed by atoms with Gasteiger partial charge >= 0.3 is 0 Å². The summed E-state index contributed by atoms with van der Waals surface area (Å²) in [5, 5.41) is 9.43. The van der Waals surface area contributed by atoms with Crippen molar-refractivity contribution in [2.45, 2.75) is 24.7 Å². The van der Waals surface area contributed by atoms with E-state index in [0.29, 0.717) is 11.4 Å². The normalized spacial score (nSPS) is 14.4. The van der Waals surface area contributed by atoms with Gasteiger partial charge in [0.2, 0.25) is 0 Å². The van der Waals surface area contributed by atoms with Crippen LogP contribution in [0.15, 0.2) is 152 Å². The molecule has 226 valence electrons. The average Bonchev–Trinajstić information content (AvgIpc) is 3.45. The Hall–Kier alpha value is -6.11. The van der Waals surface area contributed by atoms with Gasteiger partial charge in [-0.25, -0.2) is 9.97 Å². The molecule has 6 aromatic carbocycles. The van der Waals surface area contributed by atoms with Gasteiger partial charge in [0.25, 0.3) is 0 Å². The summed E-state index contributed by atoms with van der Waals surface area (Å²) in [5.74, 6) is 0.678. The quantitative estimate of drug-likeness (QED) is 0.199. The number of hydrogen-bond donors (Lipinski definition) is 0. The summed E-state index contributed by atoms with van der Waals surface area (Å²) < 4.78 is 0. The molecule has 3 heteroatoms. The van der Waals surface area contributed by atoms with E-state index < -0.39 is 5.41 Å². The van der Waals surface area contributed by atoms with Crippen molar-refractivity contribution in [1.82, 2.24) is 9.97 Å². The summed E-state index contributed by atoms with van der Waals surface area (Å²) >= 11 is 0. The summed E-state index contributed by atoms with van der Waals surface area (Å²) in [6, 6.07) is 55.8. The molecule has 0 bridgehead atoms. The lowest BCUT2D eigenvalue weighted by Gasteiger charge is -2.46. The minimum atomic E-state index is -0.488. The molecule has 0 N–H and O–H groups in total. The Bertz CT molecular complexity index is 2380. The second-order valence-electron chi connectivity index (χ2n) is 13.3. The number of benzene rings is 6. The van der Waals surface area contributed by atoms with Crippen molar-refractivity contribution in [3.05, 3.63) is 191 Å². The van der Waals surface area contributed by atoms with Crippen LogP contribution in [0.5, 0.6) is 0 Å². The molecular weight excluding hydrogens is 583 g/mol. The molecular formula is C45H31N3. The van der Waals surface area contributed by atoms with Crippen molar-refractivity contribution >= 4 is 0 Å². The van der Waals surface area contributed by atoms with Gasteiger partial charge in [0.1, 0.15) is 0 Å². The molecule has 0 aliphatic heterocycles. The van der Waals surface area contributed by atoms with Crippen molar-refractivity contribution in [3.8, 4) is 51.1 Å². The Labute approximate surface area is 280 Å². The van der Waals surface area contributed by atoms with E-state index in [1.54, 1.807) is 0 Å². The van der Waals surface area contributed by atoms with Gasteiger partial charge in [0.15, 0.2) is 5.82 Å². The van der Waals surface area contributed by atoms with Crippen LogP contribution in [0.25, 0.3) is 45.0 Å². The minimum Gasteiger partial charge on any atom is -0.228 e. The molecule has 7 aromatic rings. The minimum absolute atomic E-state index is 0.156. The lowest BCUT2D eigenvalue weighted by molar-refractivity contribution is 0.563. The second-order valence-corrected chi connectivity index (χ2v) is 13.3. The van der Waals surface area contributed by atoms with Crippen LogP contribution >= 0.6 is 0 Å². The number of aromatic nitrogens is 2. The van der Waals surface area contributed by atoms with Crippen LogP contribution in [0.2, 0.25) is 0 Å². The summed E-state index contributed by atoms with van der Waals surface area (Å²) in [7, 11) is 0. The standard InChI is InChI=1S/C45H31N3/c1-44(2)35-18-8-10-20-37(35)45(38-21-11-9-19-36(38)44)34-17-7-6-15-32(34)42-33(16-12-22-39(42)45)43-47-40(30-13-4-3-5-14-30)27-41(48-43)31-25-23-29(28-46)24-26-31/h3-27H,1-2H3. The topological polar surface area (TPSA) is 49.6 Å². The molecule has 0 fully saturated rings. The molecule has 48 heavy (non-hydrogen) atoms. The largest absolute Gasteiger partial charge is 0.228 e. The Morgan fingerprint density at radius 3 is 1.60 bits per heavy atom. The fraction of sp³-hybridized carbons (Fsp3) is 0.0889. The van der Waals surface area contributed by atoms with Gasteiger partial charge in [-0.2, -0.15) is 5.26 Å². The third-order valence-corrected chi connectivity index (χ3v) is 10.4. The van der Waals surface area contributed by atoms with Gasteiger partial charge in [-0.15, -0.1) is 0 Å². The fourth-order valence-corrected chi connectivity index (χ4v) is 8.28. The van der Waals surface area contributed by atoms with E-state index in [9.17, 15) is 5.26 Å². The zero-order valence-electron chi connectivity index (χ0n) is 26.8. The summed E-state index contributed by atoms with van der Waals surface area (Å²) in [6.45, 7) is 4.70. The maximum Gasteiger partial charge on any atom is 0.161 e. The summed E-state index contributed by atoms with van der Waals surface area (Å²) in [6.07, 6.45) is 0. The van der Waals surface area contributed by atoms with E-state index in [0.717, 1.165) is 28.1 Å².